The minimum Gasteiger partial charge on any atom is -0.459 e. The molecule has 0 atom stereocenters. The van der Waals surface area contributed by atoms with Gasteiger partial charge in [-0.2, -0.15) is 0 Å². The summed E-state index contributed by atoms with van der Waals surface area (Å²) in [5, 5.41) is 0.551. The smallest absolute Gasteiger partial charge is 0.316 e. The van der Waals surface area contributed by atoms with Crippen molar-refractivity contribution in [2.45, 2.75) is 31.4 Å². The number of anilines is 1. The number of nitrogen functional groups attached to an aromatic ring is 1. The molecule has 0 saturated heterocycles. The Bertz CT molecular complexity index is 638. The Morgan fingerprint density at radius 3 is 2.45 bits per heavy atom. The number of esters is 1. The molecule has 0 fully saturated rings. The van der Waals surface area contributed by atoms with E-state index in [-0.39, 0.29) is 11.7 Å². The topological polar surface area (TPSA) is 78.1 Å². The van der Waals surface area contributed by atoms with E-state index in [2.05, 4.69) is 9.97 Å². The highest BCUT2D eigenvalue weighted by atomic mass is 32.2. The lowest BCUT2D eigenvalue weighted by molar-refractivity contribution is -0.151. The minimum absolute atomic E-state index is 0.161. The highest BCUT2D eigenvalue weighted by molar-refractivity contribution is 8.00. The van der Waals surface area contributed by atoms with Gasteiger partial charge in [-0.3, -0.25) is 4.79 Å². The van der Waals surface area contributed by atoms with Crippen molar-refractivity contribution in [1.82, 2.24) is 9.97 Å². The van der Waals surface area contributed by atoms with Crippen molar-refractivity contribution in [1.29, 1.82) is 0 Å². The van der Waals surface area contributed by atoms with Gasteiger partial charge in [-0.15, -0.1) is 0 Å². The first-order valence-corrected chi connectivity index (χ1v) is 7.20. The SMILES string of the molecule is CC(C)(C)OC(=O)CSc1nc2ccccc2nc1N. The van der Waals surface area contributed by atoms with Crippen molar-refractivity contribution < 1.29 is 9.53 Å². The summed E-state index contributed by atoms with van der Waals surface area (Å²) < 4.78 is 5.24. The Balaban J connectivity index is 2.10. The molecule has 2 rings (SSSR count). The van der Waals surface area contributed by atoms with Crippen LogP contribution in [0.2, 0.25) is 0 Å². The van der Waals surface area contributed by atoms with Crippen LogP contribution < -0.4 is 5.73 Å². The fourth-order valence-corrected chi connectivity index (χ4v) is 2.27. The molecule has 5 nitrogen and oxygen atoms in total. The van der Waals surface area contributed by atoms with Crippen molar-refractivity contribution in [3.05, 3.63) is 24.3 Å². The molecule has 2 aromatic rings. The Morgan fingerprint density at radius 2 is 1.85 bits per heavy atom. The lowest BCUT2D eigenvalue weighted by Crippen LogP contribution is -2.25. The first-order chi connectivity index (χ1) is 9.35. The standard InChI is InChI=1S/C14H17N3O2S/c1-14(2,3)19-11(18)8-20-13-12(15)16-9-6-4-5-7-10(9)17-13/h4-7H,8H2,1-3H3,(H2,15,16). The van der Waals surface area contributed by atoms with E-state index < -0.39 is 5.60 Å². The number of thioether (sulfide) groups is 1. The summed E-state index contributed by atoms with van der Waals surface area (Å²) in [5.41, 5.74) is 6.87. The van der Waals surface area contributed by atoms with E-state index in [0.717, 1.165) is 11.0 Å². The molecule has 0 aliphatic carbocycles. The Hall–Kier alpha value is -1.82. The minimum atomic E-state index is -0.488. The summed E-state index contributed by atoms with van der Waals surface area (Å²) in [7, 11) is 0. The molecule has 0 bridgehead atoms. The zero-order valence-electron chi connectivity index (χ0n) is 11.7. The first-order valence-electron chi connectivity index (χ1n) is 6.22. The zero-order chi connectivity index (χ0) is 14.8. The van der Waals surface area contributed by atoms with Crippen molar-refractivity contribution >= 4 is 34.6 Å². The highest BCUT2D eigenvalue weighted by Gasteiger charge is 2.17. The largest absolute Gasteiger partial charge is 0.459 e. The van der Waals surface area contributed by atoms with E-state index in [1.54, 1.807) is 0 Å². The predicted molar refractivity (Wildman–Crippen MR) is 80.5 cm³/mol. The molecule has 20 heavy (non-hydrogen) atoms. The van der Waals surface area contributed by atoms with Gasteiger partial charge in [-0.25, -0.2) is 9.97 Å². The molecule has 1 aromatic carbocycles. The van der Waals surface area contributed by atoms with Gasteiger partial charge in [-0.1, -0.05) is 23.9 Å². The average Bonchev–Trinajstić information content (AvgIpc) is 2.34. The van der Waals surface area contributed by atoms with Crippen LogP contribution in [0, 0.1) is 0 Å². The van der Waals surface area contributed by atoms with Crippen LogP contribution in [-0.4, -0.2) is 27.3 Å². The Morgan fingerprint density at radius 1 is 1.25 bits per heavy atom. The summed E-state index contributed by atoms with van der Waals surface area (Å²) in [4.78, 5) is 20.4. The van der Waals surface area contributed by atoms with Crippen molar-refractivity contribution in [3.63, 3.8) is 0 Å². The number of nitrogens with zero attached hydrogens (tertiary/aromatic N) is 2. The second kappa shape index (κ2) is 5.66. The molecule has 0 radical (unpaired) electrons. The van der Waals surface area contributed by atoms with Gasteiger partial charge in [0.2, 0.25) is 0 Å². The third-order valence-corrected chi connectivity index (χ3v) is 3.26. The van der Waals surface area contributed by atoms with Gasteiger partial charge in [0.25, 0.3) is 0 Å². The van der Waals surface area contributed by atoms with Crippen LogP contribution in [0.25, 0.3) is 11.0 Å². The van der Waals surface area contributed by atoms with Crippen LogP contribution in [0.4, 0.5) is 5.82 Å². The number of rotatable bonds is 3. The molecule has 0 aliphatic rings. The van der Waals surface area contributed by atoms with E-state index in [9.17, 15) is 4.79 Å². The molecule has 0 saturated carbocycles. The average molecular weight is 291 g/mol. The first kappa shape index (κ1) is 14.6. The quantitative estimate of drug-likeness (QED) is 0.692. The Labute approximate surface area is 121 Å². The number of carbonyl (C=O) groups is 1. The maximum absolute atomic E-state index is 11.7. The third-order valence-electron chi connectivity index (χ3n) is 2.31. The van der Waals surface area contributed by atoms with Gasteiger partial charge >= 0.3 is 5.97 Å². The molecule has 0 spiro atoms. The summed E-state index contributed by atoms with van der Waals surface area (Å²) >= 11 is 1.24. The van der Waals surface area contributed by atoms with Crippen LogP contribution in [0.15, 0.2) is 29.3 Å². The fraction of sp³-hybridized carbons (Fsp3) is 0.357. The number of fused-ring (bicyclic) bond motifs is 1. The van der Waals surface area contributed by atoms with E-state index in [0.29, 0.717) is 10.8 Å². The lowest BCUT2D eigenvalue weighted by atomic mass is 10.2. The highest BCUT2D eigenvalue weighted by Crippen LogP contribution is 2.24. The molecule has 0 amide bonds. The van der Waals surface area contributed by atoms with Crippen LogP contribution in [-0.2, 0) is 9.53 Å². The lowest BCUT2D eigenvalue weighted by Gasteiger charge is -2.19. The molecule has 0 aliphatic heterocycles. The van der Waals surface area contributed by atoms with Crippen LogP contribution in [0.3, 0.4) is 0 Å². The number of ether oxygens (including phenoxy) is 1. The second-order valence-electron chi connectivity index (χ2n) is 5.28. The normalized spacial score (nSPS) is 11.6. The van der Waals surface area contributed by atoms with Crippen LogP contribution >= 0.6 is 11.8 Å². The number of aromatic nitrogens is 2. The molecule has 0 unspecified atom stereocenters. The van der Waals surface area contributed by atoms with Crippen LogP contribution in [0.1, 0.15) is 20.8 Å². The third kappa shape index (κ3) is 3.84. The summed E-state index contributed by atoms with van der Waals surface area (Å²) in [6, 6.07) is 7.47. The van der Waals surface area contributed by atoms with Gasteiger partial charge < -0.3 is 10.5 Å². The molecule has 1 aromatic heterocycles. The maximum Gasteiger partial charge on any atom is 0.316 e. The number of carbonyl (C=O) groups excluding carboxylic acids is 1. The Kier molecular flexibility index (Phi) is 4.13. The van der Waals surface area contributed by atoms with Gasteiger partial charge in [0.15, 0.2) is 5.82 Å². The summed E-state index contributed by atoms with van der Waals surface area (Å²) in [5.74, 6) is 0.197. The van der Waals surface area contributed by atoms with Crippen molar-refractivity contribution in [3.8, 4) is 0 Å². The number of hydrogen-bond acceptors (Lipinski definition) is 6. The predicted octanol–water partition coefficient (Wildman–Crippen LogP) is 2.65. The number of hydrogen-bond donors (Lipinski definition) is 1. The summed E-state index contributed by atoms with van der Waals surface area (Å²) in [6.45, 7) is 5.50. The van der Waals surface area contributed by atoms with Gasteiger partial charge in [0.05, 0.1) is 16.8 Å². The molecule has 2 N–H and O–H groups in total. The monoisotopic (exact) mass is 291 g/mol. The van der Waals surface area contributed by atoms with Crippen molar-refractivity contribution in [2.75, 3.05) is 11.5 Å². The van der Waals surface area contributed by atoms with E-state index in [1.165, 1.54) is 11.8 Å². The summed E-state index contributed by atoms with van der Waals surface area (Å²) in [6.07, 6.45) is 0. The number of para-hydroxylation sites is 2. The van der Waals surface area contributed by atoms with Gasteiger partial charge in [0, 0.05) is 0 Å². The molecule has 6 heteroatoms. The number of benzene rings is 1. The van der Waals surface area contributed by atoms with E-state index in [4.69, 9.17) is 10.5 Å². The van der Waals surface area contributed by atoms with E-state index >= 15 is 0 Å². The molecule has 1 heterocycles. The second-order valence-corrected chi connectivity index (χ2v) is 6.24. The molecular formula is C14H17N3O2S. The van der Waals surface area contributed by atoms with Gasteiger partial charge in [-0.05, 0) is 32.9 Å². The molecule has 106 valence electrons. The van der Waals surface area contributed by atoms with E-state index in [1.807, 2.05) is 45.0 Å². The van der Waals surface area contributed by atoms with Crippen molar-refractivity contribution in [2.24, 2.45) is 0 Å². The molecular weight excluding hydrogens is 274 g/mol. The van der Waals surface area contributed by atoms with Crippen LogP contribution in [0.5, 0.6) is 0 Å². The zero-order valence-corrected chi connectivity index (χ0v) is 12.5. The fourth-order valence-electron chi connectivity index (χ4n) is 1.60. The van der Waals surface area contributed by atoms with Gasteiger partial charge in [0.1, 0.15) is 10.6 Å². The maximum atomic E-state index is 11.7. The number of nitrogens with two attached hydrogens (primary N) is 1.